The van der Waals surface area contributed by atoms with Crippen molar-refractivity contribution in [2.45, 2.75) is 24.5 Å². The second-order valence-electron chi connectivity index (χ2n) is 5.14. The molecule has 1 aromatic carbocycles. The van der Waals surface area contributed by atoms with Crippen molar-refractivity contribution in [1.82, 2.24) is 0 Å². The van der Waals surface area contributed by atoms with Gasteiger partial charge in [-0.15, -0.1) is 0 Å². The largest absolute Gasteiger partial charge is 0.396 e. The van der Waals surface area contributed by atoms with Gasteiger partial charge < -0.3 is 15.6 Å². The van der Waals surface area contributed by atoms with E-state index in [1.54, 1.807) is 0 Å². The molecule has 0 aromatic heterocycles. The maximum Gasteiger partial charge on any atom is 0.271 e. The van der Waals surface area contributed by atoms with Gasteiger partial charge in [-0.05, 0) is 18.2 Å². The van der Waals surface area contributed by atoms with Crippen molar-refractivity contribution in [3.05, 3.63) is 34.1 Å². The second kappa shape index (κ2) is 5.29. The molecular formula is C13H15BrF3NO2. The summed E-state index contributed by atoms with van der Waals surface area (Å²) in [7, 11) is 0. The molecule has 1 fully saturated rings. The van der Waals surface area contributed by atoms with E-state index in [0.717, 1.165) is 0 Å². The van der Waals surface area contributed by atoms with E-state index in [0.29, 0.717) is 11.4 Å². The molecule has 1 heterocycles. The fourth-order valence-electron chi connectivity index (χ4n) is 2.61. The van der Waals surface area contributed by atoms with Crippen LogP contribution in [0.25, 0.3) is 0 Å². The molecule has 1 unspecified atom stereocenters. The quantitative estimate of drug-likeness (QED) is 0.877. The number of aliphatic hydroxyl groups excluding tert-OH is 1. The summed E-state index contributed by atoms with van der Waals surface area (Å²) in [5, 5.41) is 9.43. The van der Waals surface area contributed by atoms with Gasteiger partial charge in [0.2, 0.25) is 0 Å². The normalized spacial score (nSPS) is 30.8. The van der Waals surface area contributed by atoms with Crippen LogP contribution in [-0.2, 0) is 10.3 Å². The maximum atomic E-state index is 14.0. The van der Waals surface area contributed by atoms with E-state index in [1.807, 2.05) is 0 Å². The lowest BCUT2D eigenvalue weighted by molar-refractivity contribution is -0.121. The molecule has 0 amide bonds. The van der Waals surface area contributed by atoms with E-state index in [1.165, 1.54) is 18.2 Å². The molecule has 20 heavy (non-hydrogen) atoms. The van der Waals surface area contributed by atoms with Crippen LogP contribution in [0.4, 0.5) is 13.2 Å². The zero-order valence-electron chi connectivity index (χ0n) is 10.7. The van der Waals surface area contributed by atoms with E-state index in [9.17, 15) is 18.3 Å². The average molecular weight is 354 g/mol. The first-order valence-electron chi connectivity index (χ1n) is 6.05. The average Bonchev–Trinajstić information content (AvgIpc) is 2.70. The molecule has 112 valence electrons. The van der Waals surface area contributed by atoms with Crippen molar-refractivity contribution in [2.75, 3.05) is 13.2 Å². The van der Waals surface area contributed by atoms with Gasteiger partial charge in [0.25, 0.3) is 5.92 Å². The number of rotatable bonds is 3. The second-order valence-corrected chi connectivity index (χ2v) is 6.06. The summed E-state index contributed by atoms with van der Waals surface area (Å²) in [6.45, 7) is -0.195. The van der Waals surface area contributed by atoms with E-state index >= 15 is 0 Å². The summed E-state index contributed by atoms with van der Waals surface area (Å²) in [5.41, 5.74) is 4.67. The van der Waals surface area contributed by atoms with Crippen LogP contribution < -0.4 is 5.73 Å². The highest BCUT2D eigenvalue weighted by molar-refractivity contribution is 9.10. The molecule has 1 saturated heterocycles. The molecule has 1 aromatic rings. The minimum Gasteiger partial charge on any atom is -0.396 e. The highest BCUT2D eigenvalue weighted by atomic mass is 79.9. The smallest absolute Gasteiger partial charge is 0.271 e. The van der Waals surface area contributed by atoms with Crippen LogP contribution in [-0.4, -0.2) is 30.3 Å². The fourth-order valence-corrected chi connectivity index (χ4v) is 2.97. The van der Waals surface area contributed by atoms with Crippen molar-refractivity contribution in [3.8, 4) is 0 Å². The standard InChI is InChI=1S/C13H15BrF3NO2/c1-12(16,17)11-9(5-19)13(18,6-20-11)8-4-7(14)2-3-10(8)15/h2-4,9,11,19H,5-6,18H2,1H3/t9-,11?,13-/m1/s1. The number of halogens is 4. The Bertz CT molecular complexity index is 509. The Morgan fingerprint density at radius 2 is 2.20 bits per heavy atom. The van der Waals surface area contributed by atoms with Crippen LogP contribution in [0.2, 0.25) is 0 Å². The molecule has 0 saturated carbocycles. The number of benzene rings is 1. The number of nitrogens with two attached hydrogens (primary N) is 1. The monoisotopic (exact) mass is 353 g/mol. The first-order chi connectivity index (χ1) is 9.20. The lowest BCUT2D eigenvalue weighted by Crippen LogP contribution is -2.50. The first-order valence-corrected chi connectivity index (χ1v) is 6.84. The summed E-state index contributed by atoms with van der Waals surface area (Å²) < 4.78 is 46.6. The Hall–Kier alpha value is -0.630. The summed E-state index contributed by atoms with van der Waals surface area (Å²) in [6, 6.07) is 4.11. The third-order valence-corrected chi connectivity index (χ3v) is 4.15. The Kier molecular flexibility index (Phi) is 4.17. The van der Waals surface area contributed by atoms with E-state index in [4.69, 9.17) is 10.5 Å². The minimum atomic E-state index is -3.17. The molecule has 2 rings (SSSR count). The minimum absolute atomic E-state index is 0.0534. The van der Waals surface area contributed by atoms with Gasteiger partial charge in [-0.1, -0.05) is 15.9 Å². The SMILES string of the molecule is CC(F)(F)C1OC[C@@](N)(c2cc(Br)ccc2F)[C@@H]1CO. The van der Waals surface area contributed by atoms with E-state index < -0.39 is 35.9 Å². The van der Waals surface area contributed by atoms with Crippen LogP contribution >= 0.6 is 15.9 Å². The summed E-state index contributed by atoms with van der Waals surface area (Å²) >= 11 is 3.19. The lowest BCUT2D eigenvalue weighted by Gasteiger charge is -2.32. The van der Waals surface area contributed by atoms with Crippen LogP contribution in [0.3, 0.4) is 0 Å². The number of aliphatic hydroxyl groups is 1. The van der Waals surface area contributed by atoms with Crippen molar-refractivity contribution in [1.29, 1.82) is 0 Å². The third-order valence-electron chi connectivity index (χ3n) is 3.65. The van der Waals surface area contributed by atoms with E-state index in [-0.39, 0.29) is 12.2 Å². The van der Waals surface area contributed by atoms with Gasteiger partial charge >= 0.3 is 0 Å². The molecular weight excluding hydrogens is 339 g/mol. The van der Waals surface area contributed by atoms with Crippen molar-refractivity contribution in [3.63, 3.8) is 0 Å². The number of hydrogen-bond acceptors (Lipinski definition) is 3. The highest BCUT2D eigenvalue weighted by Crippen LogP contribution is 2.43. The zero-order chi connectivity index (χ0) is 15.1. The maximum absolute atomic E-state index is 14.0. The van der Waals surface area contributed by atoms with Gasteiger partial charge in [0.05, 0.1) is 18.8 Å². The molecule has 3 atom stereocenters. The topological polar surface area (TPSA) is 55.5 Å². The molecule has 3 N–H and O–H groups in total. The Labute approximate surface area is 123 Å². The summed E-state index contributed by atoms with van der Waals surface area (Å²) in [6.07, 6.45) is -1.55. The molecule has 0 aliphatic carbocycles. The lowest BCUT2D eigenvalue weighted by atomic mass is 9.77. The number of hydrogen-bond donors (Lipinski definition) is 2. The predicted molar refractivity (Wildman–Crippen MR) is 70.9 cm³/mol. The van der Waals surface area contributed by atoms with Gasteiger partial charge in [-0.3, -0.25) is 0 Å². The third kappa shape index (κ3) is 2.59. The van der Waals surface area contributed by atoms with E-state index in [2.05, 4.69) is 15.9 Å². The molecule has 7 heteroatoms. The zero-order valence-corrected chi connectivity index (χ0v) is 12.3. The molecule has 0 bridgehead atoms. The van der Waals surface area contributed by atoms with Crippen LogP contribution in [0.15, 0.2) is 22.7 Å². The van der Waals surface area contributed by atoms with Gasteiger partial charge in [0, 0.05) is 22.9 Å². The summed E-state index contributed by atoms with van der Waals surface area (Å²) in [5.74, 6) is -4.87. The molecule has 0 spiro atoms. The molecule has 1 aliphatic rings. The van der Waals surface area contributed by atoms with Gasteiger partial charge in [0.1, 0.15) is 11.9 Å². The molecule has 3 nitrogen and oxygen atoms in total. The van der Waals surface area contributed by atoms with Crippen molar-refractivity contribution in [2.24, 2.45) is 11.7 Å². The Morgan fingerprint density at radius 3 is 2.75 bits per heavy atom. The molecule has 0 radical (unpaired) electrons. The number of alkyl halides is 2. The summed E-state index contributed by atoms with van der Waals surface area (Å²) in [4.78, 5) is 0. The molecule has 1 aliphatic heterocycles. The van der Waals surface area contributed by atoms with Crippen LogP contribution in [0.1, 0.15) is 12.5 Å². The number of ether oxygens (including phenoxy) is 1. The first kappa shape index (κ1) is 15.8. The van der Waals surface area contributed by atoms with Gasteiger partial charge in [-0.2, -0.15) is 0 Å². The van der Waals surface area contributed by atoms with Crippen LogP contribution in [0, 0.1) is 11.7 Å². The van der Waals surface area contributed by atoms with Crippen LogP contribution in [0.5, 0.6) is 0 Å². The predicted octanol–water partition coefficient (Wildman–Crippen LogP) is 2.40. The van der Waals surface area contributed by atoms with Crippen molar-refractivity contribution >= 4 is 15.9 Å². The van der Waals surface area contributed by atoms with Gasteiger partial charge in [-0.25, -0.2) is 13.2 Å². The highest BCUT2D eigenvalue weighted by Gasteiger charge is 2.56. The van der Waals surface area contributed by atoms with Gasteiger partial charge in [0.15, 0.2) is 0 Å². The Morgan fingerprint density at radius 1 is 1.55 bits per heavy atom. The Balaban J connectivity index is 2.46. The fraction of sp³-hybridized carbons (Fsp3) is 0.538. The van der Waals surface area contributed by atoms with Crippen molar-refractivity contribution < 1.29 is 23.0 Å².